The number of nitriles is 1. The molecule has 12 heavy (non-hydrogen) atoms. The van der Waals surface area contributed by atoms with E-state index >= 15 is 0 Å². The van der Waals surface area contributed by atoms with E-state index in [0.29, 0.717) is 0 Å². The zero-order chi connectivity index (χ0) is 8.55. The Morgan fingerprint density at radius 2 is 2.50 bits per heavy atom. The van der Waals surface area contributed by atoms with Gasteiger partial charge in [-0.05, 0) is 25.1 Å². The molecule has 0 N–H and O–H groups in total. The number of thiophene rings is 1. The zero-order valence-electron chi connectivity index (χ0n) is 7.00. The minimum Gasteiger partial charge on any atom is -0.302 e. The lowest BCUT2D eigenvalue weighted by atomic mass is 10.1. The Balaban J connectivity index is 2.36. The molecule has 0 saturated heterocycles. The Labute approximate surface area is 76.0 Å². The number of hydrogen-bond donors (Lipinski definition) is 0. The van der Waals surface area contributed by atoms with Crippen LogP contribution in [0.3, 0.4) is 0 Å². The fourth-order valence-corrected chi connectivity index (χ4v) is 2.49. The third-order valence-corrected chi connectivity index (χ3v) is 3.31. The average Bonchev–Trinajstić information content (AvgIpc) is 2.46. The predicted octanol–water partition coefficient (Wildman–Crippen LogP) is 1.61. The van der Waals surface area contributed by atoms with Crippen LogP contribution in [0.15, 0.2) is 6.07 Å². The molecule has 1 aliphatic heterocycles. The van der Waals surface area contributed by atoms with Crippen LogP contribution >= 0.6 is 11.3 Å². The molecule has 0 amide bonds. The van der Waals surface area contributed by atoms with E-state index in [4.69, 9.17) is 5.26 Å². The molecule has 2 rings (SSSR count). The largest absolute Gasteiger partial charge is 0.302 e. The van der Waals surface area contributed by atoms with E-state index in [0.717, 1.165) is 24.4 Å². The third-order valence-electron chi connectivity index (χ3n) is 2.17. The summed E-state index contributed by atoms with van der Waals surface area (Å²) in [7, 11) is 2.12. The molecule has 1 aromatic rings. The minimum atomic E-state index is 0.857. The van der Waals surface area contributed by atoms with Crippen LogP contribution in [0, 0.1) is 11.3 Å². The fourth-order valence-electron chi connectivity index (χ4n) is 1.53. The number of nitrogens with zero attached hydrogens (tertiary/aromatic N) is 2. The van der Waals surface area contributed by atoms with E-state index in [1.165, 1.54) is 10.4 Å². The van der Waals surface area contributed by atoms with Gasteiger partial charge >= 0.3 is 0 Å². The van der Waals surface area contributed by atoms with E-state index in [1.807, 2.05) is 6.07 Å². The van der Waals surface area contributed by atoms with Crippen molar-refractivity contribution in [3.8, 4) is 6.07 Å². The van der Waals surface area contributed by atoms with Crippen LogP contribution in [0.2, 0.25) is 0 Å². The zero-order valence-corrected chi connectivity index (χ0v) is 7.82. The quantitative estimate of drug-likeness (QED) is 0.603. The van der Waals surface area contributed by atoms with Gasteiger partial charge in [-0.1, -0.05) is 0 Å². The Kier molecular flexibility index (Phi) is 1.87. The molecule has 3 heteroatoms. The van der Waals surface area contributed by atoms with E-state index in [1.54, 1.807) is 11.3 Å². The Hall–Kier alpha value is -0.850. The maximum atomic E-state index is 8.70. The van der Waals surface area contributed by atoms with Gasteiger partial charge in [0.2, 0.25) is 0 Å². The summed E-state index contributed by atoms with van der Waals surface area (Å²) in [6.45, 7) is 2.13. The van der Waals surface area contributed by atoms with Crippen LogP contribution in [-0.2, 0) is 13.0 Å². The van der Waals surface area contributed by atoms with Crippen LogP contribution in [-0.4, -0.2) is 18.5 Å². The summed E-state index contributed by atoms with van der Waals surface area (Å²) in [6.07, 6.45) is 1.11. The SMILES string of the molecule is CN1CCc2sc(C#N)cc2C1. The lowest BCUT2D eigenvalue weighted by molar-refractivity contribution is 0.315. The van der Waals surface area contributed by atoms with Gasteiger partial charge in [0.1, 0.15) is 10.9 Å². The highest BCUT2D eigenvalue weighted by molar-refractivity contribution is 7.12. The molecule has 0 bridgehead atoms. The second-order valence-electron chi connectivity index (χ2n) is 3.16. The molecule has 0 radical (unpaired) electrons. The van der Waals surface area contributed by atoms with E-state index < -0.39 is 0 Å². The monoisotopic (exact) mass is 178 g/mol. The second kappa shape index (κ2) is 2.89. The number of fused-ring (bicyclic) bond motifs is 1. The molecular weight excluding hydrogens is 168 g/mol. The van der Waals surface area contributed by atoms with E-state index in [9.17, 15) is 0 Å². The summed E-state index contributed by atoms with van der Waals surface area (Å²) in [5.74, 6) is 0. The Bertz CT molecular complexity index is 335. The summed E-state index contributed by atoms with van der Waals surface area (Å²) in [5.41, 5.74) is 1.35. The van der Waals surface area contributed by atoms with Crippen molar-refractivity contribution in [3.63, 3.8) is 0 Å². The van der Waals surface area contributed by atoms with Gasteiger partial charge in [0.25, 0.3) is 0 Å². The Morgan fingerprint density at radius 3 is 3.25 bits per heavy atom. The van der Waals surface area contributed by atoms with Gasteiger partial charge in [-0.25, -0.2) is 0 Å². The van der Waals surface area contributed by atoms with Crippen molar-refractivity contribution in [3.05, 3.63) is 21.4 Å². The molecular formula is C9H10N2S. The molecule has 0 atom stereocenters. The Morgan fingerprint density at radius 1 is 1.67 bits per heavy atom. The maximum Gasteiger partial charge on any atom is 0.110 e. The molecule has 2 nitrogen and oxygen atoms in total. The number of rotatable bonds is 0. The van der Waals surface area contributed by atoms with Gasteiger partial charge < -0.3 is 4.90 Å². The van der Waals surface area contributed by atoms with Crippen LogP contribution in [0.1, 0.15) is 15.3 Å². The van der Waals surface area contributed by atoms with Crippen LogP contribution in [0.5, 0.6) is 0 Å². The third kappa shape index (κ3) is 1.24. The van der Waals surface area contributed by atoms with Crippen molar-refractivity contribution in [1.82, 2.24) is 4.90 Å². The van der Waals surface area contributed by atoms with Crippen LogP contribution < -0.4 is 0 Å². The first-order valence-corrected chi connectivity index (χ1v) is 4.81. The molecule has 2 heterocycles. The van der Waals surface area contributed by atoms with Gasteiger partial charge in [-0.3, -0.25) is 0 Å². The van der Waals surface area contributed by atoms with Crippen molar-refractivity contribution in [2.24, 2.45) is 0 Å². The van der Waals surface area contributed by atoms with E-state index in [2.05, 4.69) is 18.0 Å². The number of likely N-dealkylation sites (N-methyl/N-ethyl adjacent to an activating group) is 1. The topological polar surface area (TPSA) is 27.0 Å². The average molecular weight is 178 g/mol. The van der Waals surface area contributed by atoms with Gasteiger partial charge in [-0.2, -0.15) is 5.26 Å². The van der Waals surface area contributed by atoms with Crippen LogP contribution in [0.4, 0.5) is 0 Å². The molecule has 0 aromatic carbocycles. The highest BCUT2D eigenvalue weighted by atomic mass is 32.1. The van der Waals surface area contributed by atoms with Crippen molar-refractivity contribution in [1.29, 1.82) is 5.26 Å². The molecule has 1 aliphatic rings. The van der Waals surface area contributed by atoms with Crippen molar-refractivity contribution < 1.29 is 0 Å². The van der Waals surface area contributed by atoms with Gasteiger partial charge in [-0.15, -0.1) is 11.3 Å². The highest BCUT2D eigenvalue weighted by Crippen LogP contribution is 2.26. The second-order valence-corrected chi connectivity index (χ2v) is 4.30. The number of hydrogen-bond acceptors (Lipinski definition) is 3. The summed E-state index contributed by atoms with van der Waals surface area (Å²) >= 11 is 1.65. The molecule has 0 aliphatic carbocycles. The summed E-state index contributed by atoms with van der Waals surface area (Å²) in [5, 5.41) is 8.70. The predicted molar refractivity (Wildman–Crippen MR) is 49.1 cm³/mol. The van der Waals surface area contributed by atoms with Crippen molar-refractivity contribution in [2.75, 3.05) is 13.6 Å². The molecule has 1 aromatic heterocycles. The molecule has 0 unspecified atom stereocenters. The van der Waals surface area contributed by atoms with Crippen molar-refractivity contribution >= 4 is 11.3 Å². The summed E-state index contributed by atoms with van der Waals surface area (Å²) < 4.78 is 0. The summed E-state index contributed by atoms with van der Waals surface area (Å²) in [6, 6.07) is 4.22. The summed E-state index contributed by atoms with van der Waals surface area (Å²) in [4.78, 5) is 4.55. The first kappa shape index (κ1) is 7.78. The first-order valence-electron chi connectivity index (χ1n) is 4.00. The highest BCUT2D eigenvalue weighted by Gasteiger charge is 2.15. The normalized spacial score (nSPS) is 17.0. The minimum absolute atomic E-state index is 0.857. The lowest BCUT2D eigenvalue weighted by Gasteiger charge is -2.21. The van der Waals surface area contributed by atoms with Gasteiger partial charge in [0.15, 0.2) is 0 Å². The molecule has 62 valence electrons. The van der Waals surface area contributed by atoms with Gasteiger partial charge in [0, 0.05) is 18.0 Å². The van der Waals surface area contributed by atoms with Gasteiger partial charge in [0.05, 0.1) is 0 Å². The molecule has 0 saturated carbocycles. The van der Waals surface area contributed by atoms with E-state index in [-0.39, 0.29) is 0 Å². The first-order chi connectivity index (χ1) is 5.79. The maximum absolute atomic E-state index is 8.70. The standard InChI is InChI=1S/C9H10N2S/c1-11-3-2-9-7(6-11)4-8(5-10)12-9/h4H,2-3,6H2,1H3. The smallest absolute Gasteiger partial charge is 0.110 e. The van der Waals surface area contributed by atoms with Crippen molar-refractivity contribution in [2.45, 2.75) is 13.0 Å². The molecule has 0 fully saturated rings. The van der Waals surface area contributed by atoms with Crippen LogP contribution in [0.25, 0.3) is 0 Å². The molecule has 0 spiro atoms. The fraction of sp³-hybridized carbons (Fsp3) is 0.444. The lowest BCUT2D eigenvalue weighted by Crippen LogP contribution is -2.25.